The maximum absolute atomic E-state index is 5.91. The van der Waals surface area contributed by atoms with E-state index < -0.39 is 0 Å². The van der Waals surface area contributed by atoms with Crippen LogP contribution in [0.3, 0.4) is 0 Å². The van der Waals surface area contributed by atoms with Gasteiger partial charge in [0.1, 0.15) is 0 Å². The van der Waals surface area contributed by atoms with Crippen molar-refractivity contribution in [3.63, 3.8) is 0 Å². The Bertz CT molecular complexity index is 1090. The predicted octanol–water partition coefficient (Wildman–Crippen LogP) is 6.51. The van der Waals surface area contributed by atoms with Gasteiger partial charge in [0.25, 0.3) is 0 Å². The van der Waals surface area contributed by atoms with Gasteiger partial charge in [0.15, 0.2) is 6.10 Å². The van der Waals surface area contributed by atoms with Gasteiger partial charge >= 0.3 is 0 Å². The number of hydrogen-bond donors (Lipinski definition) is 0. The lowest BCUT2D eigenvalue weighted by molar-refractivity contribution is 0.0852. The molecular weight excluding hydrogens is 390 g/mol. The van der Waals surface area contributed by atoms with Gasteiger partial charge in [-0.3, -0.25) is 0 Å². The Morgan fingerprint density at radius 3 is 2.70 bits per heavy atom. The largest absolute Gasteiger partial charge is 0.387 e. The van der Waals surface area contributed by atoms with Crippen LogP contribution in [0.1, 0.15) is 41.7 Å². The highest BCUT2D eigenvalue weighted by molar-refractivity contribution is 7.08. The van der Waals surface area contributed by atoms with Gasteiger partial charge in [0.05, 0.1) is 17.7 Å². The summed E-state index contributed by atoms with van der Waals surface area (Å²) in [6.45, 7) is 7.27. The van der Waals surface area contributed by atoms with Crippen LogP contribution in [0, 0.1) is 13.8 Å². The fourth-order valence-electron chi connectivity index (χ4n) is 3.66. The molecule has 0 amide bonds. The zero-order valence-electron chi connectivity index (χ0n) is 17.9. The molecule has 0 saturated heterocycles. The van der Waals surface area contributed by atoms with Crippen molar-refractivity contribution in [3.05, 3.63) is 75.5 Å². The van der Waals surface area contributed by atoms with E-state index >= 15 is 0 Å². The van der Waals surface area contributed by atoms with Crippen LogP contribution in [0.15, 0.2) is 63.4 Å². The van der Waals surface area contributed by atoms with E-state index in [0.717, 1.165) is 35.5 Å². The van der Waals surface area contributed by atoms with Crippen molar-refractivity contribution in [2.45, 2.75) is 33.3 Å². The summed E-state index contributed by atoms with van der Waals surface area (Å²) in [5, 5.41) is 8.77. The first-order valence-corrected chi connectivity index (χ1v) is 11.2. The SMILES string of the molecule is CCN(C)C=Nc1cc(C)c(C2CC(c3ccccc3-c3ccsc3)=NO2)cc1C. The molecule has 5 heteroatoms. The first-order valence-electron chi connectivity index (χ1n) is 10.3. The third-order valence-corrected chi connectivity index (χ3v) is 6.25. The van der Waals surface area contributed by atoms with E-state index in [1.54, 1.807) is 11.3 Å². The Hall–Kier alpha value is -2.92. The van der Waals surface area contributed by atoms with E-state index in [1.165, 1.54) is 22.3 Å². The van der Waals surface area contributed by atoms with Crippen molar-refractivity contribution >= 4 is 29.1 Å². The number of aliphatic imine (C=N–C) groups is 1. The van der Waals surface area contributed by atoms with Crippen molar-refractivity contribution in [2.75, 3.05) is 13.6 Å². The Balaban J connectivity index is 1.57. The Labute approximate surface area is 182 Å². The second kappa shape index (κ2) is 8.84. The van der Waals surface area contributed by atoms with Gasteiger partial charge in [-0.1, -0.05) is 29.4 Å². The lowest BCUT2D eigenvalue weighted by atomic mass is 9.92. The molecule has 0 aliphatic carbocycles. The average molecular weight is 418 g/mol. The number of aryl methyl sites for hydroxylation is 2. The molecule has 2 aromatic carbocycles. The minimum Gasteiger partial charge on any atom is -0.387 e. The summed E-state index contributed by atoms with van der Waals surface area (Å²) in [5.74, 6) is 0. The molecule has 1 unspecified atom stereocenters. The fourth-order valence-corrected chi connectivity index (χ4v) is 4.32. The smallest absolute Gasteiger partial charge is 0.158 e. The van der Waals surface area contributed by atoms with Crippen LogP contribution in [-0.2, 0) is 4.84 Å². The monoisotopic (exact) mass is 417 g/mol. The minimum absolute atomic E-state index is 0.0643. The molecule has 2 heterocycles. The molecule has 1 aliphatic heterocycles. The number of nitrogens with zero attached hydrogens (tertiary/aromatic N) is 3. The van der Waals surface area contributed by atoms with Crippen LogP contribution in [-0.4, -0.2) is 30.5 Å². The second-order valence-corrected chi connectivity index (χ2v) is 8.49. The van der Waals surface area contributed by atoms with Gasteiger partial charge in [0.2, 0.25) is 0 Å². The molecule has 3 aromatic rings. The number of oxime groups is 1. The summed E-state index contributed by atoms with van der Waals surface area (Å²) in [4.78, 5) is 12.6. The lowest BCUT2D eigenvalue weighted by Crippen LogP contribution is -2.14. The van der Waals surface area contributed by atoms with E-state index in [1.807, 2.05) is 13.4 Å². The molecule has 4 nitrogen and oxygen atoms in total. The third kappa shape index (κ3) is 4.17. The van der Waals surface area contributed by atoms with Gasteiger partial charge in [-0.15, -0.1) is 0 Å². The molecule has 1 aliphatic rings. The maximum atomic E-state index is 5.91. The van der Waals surface area contributed by atoms with E-state index in [2.05, 4.69) is 89.0 Å². The van der Waals surface area contributed by atoms with E-state index in [4.69, 9.17) is 4.84 Å². The van der Waals surface area contributed by atoms with Crippen LogP contribution in [0.5, 0.6) is 0 Å². The van der Waals surface area contributed by atoms with Gasteiger partial charge in [-0.2, -0.15) is 11.3 Å². The molecule has 4 rings (SSSR count). The van der Waals surface area contributed by atoms with E-state index in [-0.39, 0.29) is 6.10 Å². The standard InChI is InChI=1S/C25H27N3OS/c1-5-28(4)16-26-23-13-17(2)22(12-18(23)3)25-14-24(27-29-25)21-9-7-6-8-20(21)19-10-11-30-15-19/h6-13,15-16,25H,5,14H2,1-4H3. The third-order valence-electron chi connectivity index (χ3n) is 5.56. The van der Waals surface area contributed by atoms with Crippen molar-refractivity contribution in [3.8, 4) is 11.1 Å². The van der Waals surface area contributed by atoms with Crippen molar-refractivity contribution < 1.29 is 4.84 Å². The summed E-state index contributed by atoms with van der Waals surface area (Å²) >= 11 is 1.71. The molecule has 30 heavy (non-hydrogen) atoms. The predicted molar refractivity (Wildman–Crippen MR) is 127 cm³/mol. The molecule has 0 fully saturated rings. The summed E-state index contributed by atoms with van der Waals surface area (Å²) < 4.78 is 0. The molecule has 0 radical (unpaired) electrons. The molecule has 0 spiro atoms. The van der Waals surface area contributed by atoms with Crippen molar-refractivity contribution in [1.82, 2.24) is 4.90 Å². The zero-order chi connectivity index (χ0) is 21.1. The topological polar surface area (TPSA) is 37.2 Å². The molecule has 0 N–H and O–H groups in total. The van der Waals surface area contributed by atoms with Crippen LogP contribution in [0.25, 0.3) is 11.1 Å². The number of thiophene rings is 1. The minimum atomic E-state index is -0.0643. The Kier molecular flexibility index (Phi) is 6.00. The highest BCUT2D eigenvalue weighted by atomic mass is 32.1. The normalized spacial score (nSPS) is 16.0. The van der Waals surface area contributed by atoms with Crippen LogP contribution in [0.4, 0.5) is 5.69 Å². The molecule has 0 bridgehead atoms. The van der Waals surface area contributed by atoms with Crippen LogP contribution >= 0.6 is 11.3 Å². The molecular formula is C25H27N3OS. The first-order chi connectivity index (χ1) is 14.6. The van der Waals surface area contributed by atoms with E-state index in [9.17, 15) is 0 Å². The summed E-state index contributed by atoms with van der Waals surface area (Å²) in [6.07, 6.45) is 2.59. The fraction of sp³-hybridized carbons (Fsp3) is 0.280. The number of rotatable bonds is 6. The summed E-state index contributed by atoms with van der Waals surface area (Å²) in [5.41, 5.74) is 9.10. The van der Waals surface area contributed by atoms with Gasteiger partial charge < -0.3 is 9.74 Å². The Morgan fingerprint density at radius 2 is 1.97 bits per heavy atom. The zero-order valence-corrected chi connectivity index (χ0v) is 18.7. The lowest BCUT2D eigenvalue weighted by Gasteiger charge is -2.15. The number of hydrogen-bond acceptors (Lipinski definition) is 4. The van der Waals surface area contributed by atoms with Crippen molar-refractivity contribution in [2.24, 2.45) is 10.1 Å². The number of benzene rings is 2. The summed E-state index contributed by atoms with van der Waals surface area (Å²) in [7, 11) is 2.03. The molecule has 1 aromatic heterocycles. The van der Waals surface area contributed by atoms with Crippen LogP contribution in [0.2, 0.25) is 0 Å². The van der Waals surface area contributed by atoms with Gasteiger partial charge in [0, 0.05) is 25.6 Å². The van der Waals surface area contributed by atoms with Gasteiger partial charge in [-0.05, 0) is 77.5 Å². The van der Waals surface area contributed by atoms with Gasteiger partial charge in [-0.25, -0.2) is 4.99 Å². The second-order valence-electron chi connectivity index (χ2n) is 7.71. The molecule has 154 valence electrons. The highest BCUT2D eigenvalue weighted by Gasteiger charge is 2.27. The quantitative estimate of drug-likeness (QED) is 0.339. The average Bonchev–Trinajstić information content (AvgIpc) is 3.46. The Morgan fingerprint density at radius 1 is 1.17 bits per heavy atom. The van der Waals surface area contributed by atoms with E-state index in [0.29, 0.717) is 0 Å². The molecule has 0 saturated carbocycles. The van der Waals surface area contributed by atoms with Crippen LogP contribution < -0.4 is 0 Å². The summed E-state index contributed by atoms with van der Waals surface area (Å²) in [6, 6.07) is 14.9. The highest BCUT2D eigenvalue weighted by Crippen LogP contribution is 2.36. The van der Waals surface area contributed by atoms with Crippen molar-refractivity contribution in [1.29, 1.82) is 0 Å². The molecule has 1 atom stereocenters. The first kappa shape index (κ1) is 20.4. The maximum Gasteiger partial charge on any atom is 0.158 e.